The molecule has 0 aliphatic rings. The van der Waals surface area contributed by atoms with Gasteiger partial charge in [-0.3, -0.25) is 5.32 Å². The second kappa shape index (κ2) is 7.72. The molecule has 0 fully saturated rings. The normalized spacial score (nSPS) is 10.7. The van der Waals surface area contributed by atoms with Crippen molar-refractivity contribution in [2.75, 3.05) is 17.7 Å². The van der Waals surface area contributed by atoms with Crippen LogP contribution in [-0.2, 0) is 0 Å². The Morgan fingerprint density at radius 2 is 2.00 bits per heavy atom. The smallest absolute Gasteiger partial charge is 0.345 e. The molecule has 2 amide bonds. The lowest BCUT2D eigenvalue weighted by Gasteiger charge is -2.05. The van der Waals surface area contributed by atoms with Crippen LogP contribution in [0.25, 0.3) is 22.2 Å². The molecule has 0 aliphatic heterocycles. The highest BCUT2D eigenvalue weighted by atomic mass is 32.1. The van der Waals surface area contributed by atoms with Gasteiger partial charge in [-0.2, -0.15) is 0 Å². The summed E-state index contributed by atoms with van der Waals surface area (Å²) in [6, 6.07) is 11.9. The molecular weight excluding hydrogens is 397 g/mol. The second-order valence-electron chi connectivity index (χ2n) is 5.95. The number of para-hydroxylation sites is 1. The summed E-state index contributed by atoms with van der Waals surface area (Å²) < 4.78 is 23.8. The summed E-state index contributed by atoms with van der Waals surface area (Å²) in [6.45, 7) is 0. The molecule has 29 heavy (non-hydrogen) atoms. The van der Waals surface area contributed by atoms with Crippen LogP contribution in [0.3, 0.4) is 0 Å². The number of hydrogen-bond acceptors (Lipinski definition) is 6. The third-order valence-electron chi connectivity index (χ3n) is 4.03. The minimum atomic E-state index is -0.577. The molecule has 7 nitrogen and oxygen atoms in total. The van der Waals surface area contributed by atoms with Gasteiger partial charge in [0.1, 0.15) is 5.82 Å². The average molecular weight is 411 g/mol. The van der Waals surface area contributed by atoms with E-state index in [1.807, 2.05) is 0 Å². The third kappa shape index (κ3) is 3.94. The Kier molecular flexibility index (Phi) is 4.96. The number of rotatable bonds is 4. The van der Waals surface area contributed by atoms with Crippen molar-refractivity contribution in [3.8, 4) is 17.0 Å². The summed E-state index contributed by atoms with van der Waals surface area (Å²) in [7, 11) is 1.50. The van der Waals surface area contributed by atoms with E-state index < -0.39 is 17.5 Å². The van der Waals surface area contributed by atoms with Gasteiger partial charge in [0.05, 0.1) is 18.4 Å². The van der Waals surface area contributed by atoms with Gasteiger partial charge in [-0.15, -0.1) is 11.3 Å². The number of fused-ring (bicyclic) bond motifs is 1. The van der Waals surface area contributed by atoms with E-state index >= 15 is 0 Å². The number of thiazole rings is 1. The predicted molar refractivity (Wildman–Crippen MR) is 109 cm³/mol. The summed E-state index contributed by atoms with van der Waals surface area (Å²) in [5.41, 5.74) is 0.730. The first-order valence-corrected chi connectivity index (χ1v) is 9.32. The summed E-state index contributed by atoms with van der Waals surface area (Å²) in [6.07, 6.45) is 0. The van der Waals surface area contributed by atoms with Crippen LogP contribution in [0.4, 0.5) is 20.0 Å². The van der Waals surface area contributed by atoms with Crippen LogP contribution in [0.2, 0.25) is 0 Å². The largest absolute Gasteiger partial charge is 0.493 e. The number of benzene rings is 2. The topological polar surface area (TPSA) is 93.5 Å². The number of anilines is 2. The molecule has 4 aromatic rings. The van der Waals surface area contributed by atoms with Gasteiger partial charge >= 0.3 is 11.7 Å². The van der Waals surface area contributed by atoms with Gasteiger partial charge in [0.25, 0.3) is 0 Å². The molecule has 0 atom stereocenters. The van der Waals surface area contributed by atoms with Crippen LogP contribution < -0.4 is 21.0 Å². The first kappa shape index (κ1) is 18.6. The maximum absolute atomic E-state index is 13.2. The Balaban J connectivity index is 1.56. The molecule has 0 unspecified atom stereocenters. The van der Waals surface area contributed by atoms with E-state index in [1.165, 1.54) is 25.3 Å². The summed E-state index contributed by atoms with van der Waals surface area (Å²) in [5, 5.41) is 7.67. The predicted octanol–water partition coefficient (Wildman–Crippen LogP) is 4.71. The highest BCUT2D eigenvalue weighted by Crippen LogP contribution is 2.29. The number of amides is 2. The van der Waals surface area contributed by atoms with Gasteiger partial charge in [-0.1, -0.05) is 18.2 Å². The molecule has 0 saturated heterocycles. The van der Waals surface area contributed by atoms with Crippen LogP contribution in [0.1, 0.15) is 0 Å². The number of ether oxygens (including phenoxy) is 1. The second-order valence-corrected chi connectivity index (χ2v) is 6.81. The van der Waals surface area contributed by atoms with E-state index in [1.54, 1.807) is 35.7 Å². The molecule has 2 aromatic heterocycles. The van der Waals surface area contributed by atoms with Crippen molar-refractivity contribution in [2.45, 2.75) is 0 Å². The van der Waals surface area contributed by atoms with Gasteiger partial charge in [-0.25, -0.2) is 19.0 Å². The third-order valence-corrected chi connectivity index (χ3v) is 4.78. The Morgan fingerprint density at radius 3 is 2.79 bits per heavy atom. The maximum atomic E-state index is 13.2. The van der Waals surface area contributed by atoms with Crippen molar-refractivity contribution in [2.24, 2.45) is 0 Å². The Bertz CT molecular complexity index is 1270. The van der Waals surface area contributed by atoms with Crippen LogP contribution >= 0.6 is 11.3 Å². The number of urea groups is 1. The molecule has 0 radical (unpaired) electrons. The van der Waals surface area contributed by atoms with E-state index in [-0.39, 0.29) is 10.7 Å². The first-order chi connectivity index (χ1) is 14.0. The maximum Gasteiger partial charge on any atom is 0.345 e. The monoisotopic (exact) mass is 411 g/mol. The highest BCUT2D eigenvalue weighted by molar-refractivity contribution is 7.14. The van der Waals surface area contributed by atoms with Crippen molar-refractivity contribution in [1.82, 2.24) is 4.98 Å². The van der Waals surface area contributed by atoms with Crippen LogP contribution in [0, 0.1) is 5.82 Å². The zero-order valence-electron chi connectivity index (χ0n) is 15.1. The van der Waals surface area contributed by atoms with Crippen molar-refractivity contribution < 1.29 is 18.3 Å². The number of aromatic nitrogens is 1. The standard InChI is InChI=1S/C20H14FN3O4S/c1-27-16-7-2-4-11-8-14(18(25)28-17(11)16)15-10-29-20(23-15)24-19(26)22-13-6-3-5-12(21)9-13/h2-10H,1H3,(H2,22,23,24,26). The molecule has 0 bridgehead atoms. The molecule has 146 valence electrons. The number of carbonyl (C=O) groups excluding carboxylic acids is 1. The minimum absolute atomic E-state index is 0.264. The summed E-state index contributed by atoms with van der Waals surface area (Å²) >= 11 is 1.15. The first-order valence-electron chi connectivity index (χ1n) is 8.44. The van der Waals surface area contributed by atoms with Gasteiger partial charge in [0.2, 0.25) is 0 Å². The highest BCUT2D eigenvalue weighted by Gasteiger charge is 2.14. The number of nitrogens with zero attached hydrogens (tertiary/aromatic N) is 1. The van der Waals surface area contributed by atoms with Gasteiger partial charge in [-0.05, 0) is 30.3 Å². The molecule has 9 heteroatoms. The molecule has 2 heterocycles. The van der Waals surface area contributed by atoms with Crippen LogP contribution in [-0.4, -0.2) is 18.1 Å². The lowest BCUT2D eigenvalue weighted by atomic mass is 10.1. The van der Waals surface area contributed by atoms with Crippen LogP contribution in [0.5, 0.6) is 5.75 Å². The number of nitrogens with one attached hydrogen (secondary N) is 2. The molecule has 0 spiro atoms. The number of hydrogen-bond donors (Lipinski definition) is 2. The van der Waals surface area contributed by atoms with Crippen molar-refractivity contribution >= 4 is 39.2 Å². The Hall–Kier alpha value is -3.72. The van der Waals surface area contributed by atoms with Gasteiger partial charge < -0.3 is 14.5 Å². The fourth-order valence-electron chi connectivity index (χ4n) is 2.74. The molecule has 2 N–H and O–H groups in total. The quantitative estimate of drug-likeness (QED) is 0.475. The molecule has 4 rings (SSSR count). The van der Waals surface area contributed by atoms with E-state index in [9.17, 15) is 14.0 Å². The zero-order chi connectivity index (χ0) is 20.4. The number of carbonyl (C=O) groups is 1. The van der Waals surface area contributed by atoms with Crippen molar-refractivity contribution in [3.63, 3.8) is 0 Å². The lowest BCUT2D eigenvalue weighted by molar-refractivity contribution is 0.262. The molecule has 0 saturated carbocycles. The number of halogens is 1. The van der Waals surface area contributed by atoms with E-state index in [0.717, 1.165) is 11.3 Å². The minimum Gasteiger partial charge on any atom is -0.493 e. The van der Waals surface area contributed by atoms with E-state index in [0.29, 0.717) is 28.1 Å². The Morgan fingerprint density at radius 1 is 1.17 bits per heavy atom. The van der Waals surface area contributed by atoms with Crippen molar-refractivity contribution in [3.05, 3.63) is 70.1 Å². The number of methoxy groups -OCH3 is 1. The van der Waals surface area contributed by atoms with Crippen molar-refractivity contribution in [1.29, 1.82) is 0 Å². The molecule has 0 aliphatic carbocycles. The van der Waals surface area contributed by atoms with Gasteiger partial charge in [0, 0.05) is 16.5 Å². The lowest BCUT2D eigenvalue weighted by Crippen LogP contribution is -2.19. The molecule has 2 aromatic carbocycles. The summed E-state index contributed by atoms with van der Waals surface area (Å²) in [5.74, 6) is -0.000187. The average Bonchev–Trinajstić information content (AvgIpc) is 3.15. The summed E-state index contributed by atoms with van der Waals surface area (Å²) in [4.78, 5) is 28.8. The molecular formula is C20H14FN3O4S. The fourth-order valence-corrected chi connectivity index (χ4v) is 3.44. The van der Waals surface area contributed by atoms with E-state index in [2.05, 4.69) is 15.6 Å². The zero-order valence-corrected chi connectivity index (χ0v) is 15.9. The van der Waals surface area contributed by atoms with Crippen LogP contribution in [0.15, 0.2) is 63.1 Å². The fraction of sp³-hybridized carbons (Fsp3) is 0.0500. The Labute approximate surface area is 167 Å². The van der Waals surface area contributed by atoms with E-state index in [4.69, 9.17) is 9.15 Å². The van der Waals surface area contributed by atoms with Gasteiger partial charge in [0.15, 0.2) is 16.5 Å². The SMILES string of the molecule is COc1cccc2cc(-c3csc(NC(=O)Nc4cccc(F)c4)n3)c(=O)oc12.